The van der Waals surface area contributed by atoms with Crippen molar-refractivity contribution in [2.45, 2.75) is 66.6 Å². The van der Waals surface area contributed by atoms with Crippen molar-refractivity contribution in [3.63, 3.8) is 0 Å². The van der Waals surface area contributed by atoms with E-state index < -0.39 is 0 Å². The lowest BCUT2D eigenvalue weighted by Crippen LogP contribution is -2.48. The van der Waals surface area contributed by atoms with Gasteiger partial charge in [0.25, 0.3) is 0 Å². The van der Waals surface area contributed by atoms with Gasteiger partial charge in [-0.15, -0.1) is 0 Å². The average molecular weight is 228 g/mol. The van der Waals surface area contributed by atoms with Crippen LogP contribution < -0.4 is 0 Å². The Morgan fingerprint density at radius 2 is 1.56 bits per heavy atom. The fourth-order valence-electron chi connectivity index (χ4n) is 2.72. The molecule has 0 saturated carbocycles. The van der Waals surface area contributed by atoms with Gasteiger partial charge < -0.3 is 9.84 Å². The molecular formula is C14H28O2. The standard InChI is InChI=1S/C14H28O2/c1-13(2,3)11-8-7-10(9-15)16-12(11)14(4,5)6/h10-12,15H,7-9H2,1-6H3. The first-order valence-electron chi connectivity index (χ1n) is 6.42. The van der Waals surface area contributed by atoms with E-state index >= 15 is 0 Å². The van der Waals surface area contributed by atoms with Crippen LogP contribution in [0.5, 0.6) is 0 Å². The minimum atomic E-state index is 0.0443. The van der Waals surface area contributed by atoms with Crippen molar-refractivity contribution >= 4 is 0 Å². The quantitative estimate of drug-likeness (QED) is 0.746. The molecule has 1 heterocycles. The summed E-state index contributed by atoms with van der Waals surface area (Å²) < 4.78 is 6.09. The van der Waals surface area contributed by atoms with Crippen molar-refractivity contribution in [1.82, 2.24) is 0 Å². The molecule has 0 aromatic heterocycles. The number of aliphatic hydroxyl groups is 1. The highest BCUT2D eigenvalue weighted by Crippen LogP contribution is 2.44. The van der Waals surface area contributed by atoms with Crippen LogP contribution in [-0.4, -0.2) is 23.9 Å². The molecule has 1 fully saturated rings. The Labute approximate surface area is 100 Å². The zero-order valence-electron chi connectivity index (χ0n) is 11.7. The van der Waals surface area contributed by atoms with Gasteiger partial charge in [-0.1, -0.05) is 41.5 Å². The van der Waals surface area contributed by atoms with E-state index in [0.717, 1.165) is 12.8 Å². The van der Waals surface area contributed by atoms with Gasteiger partial charge in [-0.2, -0.15) is 0 Å². The first-order chi connectivity index (χ1) is 7.16. The van der Waals surface area contributed by atoms with Crippen LogP contribution in [0.3, 0.4) is 0 Å². The summed E-state index contributed by atoms with van der Waals surface area (Å²) in [4.78, 5) is 0. The molecule has 2 nitrogen and oxygen atoms in total. The fraction of sp³-hybridized carbons (Fsp3) is 1.00. The zero-order valence-corrected chi connectivity index (χ0v) is 11.7. The normalized spacial score (nSPS) is 32.8. The van der Waals surface area contributed by atoms with Gasteiger partial charge in [-0.25, -0.2) is 0 Å². The summed E-state index contributed by atoms with van der Waals surface area (Å²) >= 11 is 0. The van der Waals surface area contributed by atoms with E-state index in [2.05, 4.69) is 41.5 Å². The predicted octanol–water partition coefficient (Wildman–Crippen LogP) is 3.23. The molecule has 1 rings (SSSR count). The minimum Gasteiger partial charge on any atom is -0.394 e. The highest BCUT2D eigenvalue weighted by Gasteiger charge is 2.43. The third-order valence-corrected chi connectivity index (χ3v) is 3.67. The van der Waals surface area contributed by atoms with Crippen LogP contribution >= 0.6 is 0 Å². The van der Waals surface area contributed by atoms with Crippen molar-refractivity contribution in [3.05, 3.63) is 0 Å². The molecule has 16 heavy (non-hydrogen) atoms. The summed E-state index contributed by atoms with van der Waals surface area (Å²) in [6, 6.07) is 0. The number of rotatable bonds is 1. The number of aliphatic hydroxyl groups excluding tert-OH is 1. The van der Waals surface area contributed by atoms with Crippen LogP contribution in [0.2, 0.25) is 0 Å². The van der Waals surface area contributed by atoms with Gasteiger partial charge >= 0.3 is 0 Å². The molecule has 3 atom stereocenters. The highest BCUT2D eigenvalue weighted by molar-refractivity contribution is 4.92. The van der Waals surface area contributed by atoms with Gasteiger partial charge in [0.15, 0.2) is 0 Å². The van der Waals surface area contributed by atoms with Crippen molar-refractivity contribution in [2.75, 3.05) is 6.61 Å². The Bertz CT molecular complexity index is 222. The molecule has 0 bridgehead atoms. The van der Waals surface area contributed by atoms with Crippen LogP contribution in [0.15, 0.2) is 0 Å². The molecule has 0 aromatic carbocycles. The lowest BCUT2D eigenvalue weighted by atomic mass is 9.66. The van der Waals surface area contributed by atoms with Gasteiger partial charge in [0.1, 0.15) is 0 Å². The van der Waals surface area contributed by atoms with Crippen LogP contribution in [0.4, 0.5) is 0 Å². The molecule has 1 aliphatic rings. The van der Waals surface area contributed by atoms with Crippen LogP contribution in [0.1, 0.15) is 54.4 Å². The maximum absolute atomic E-state index is 9.24. The molecule has 2 heteroatoms. The van der Waals surface area contributed by atoms with Gasteiger partial charge in [0.2, 0.25) is 0 Å². The van der Waals surface area contributed by atoms with Gasteiger partial charge in [0.05, 0.1) is 18.8 Å². The lowest BCUT2D eigenvalue weighted by molar-refractivity contribution is -0.163. The smallest absolute Gasteiger partial charge is 0.0810 e. The van der Waals surface area contributed by atoms with Gasteiger partial charge in [-0.05, 0) is 29.6 Å². The second-order valence-electron chi connectivity index (χ2n) is 7.28. The first kappa shape index (κ1) is 14.0. The van der Waals surface area contributed by atoms with E-state index in [1.807, 2.05) is 0 Å². The molecule has 0 aliphatic carbocycles. The summed E-state index contributed by atoms with van der Waals surface area (Å²) in [7, 11) is 0. The predicted molar refractivity (Wildman–Crippen MR) is 67.4 cm³/mol. The van der Waals surface area contributed by atoms with Crippen molar-refractivity contribution in [2.24, 2.45) is 16.7 Å². The van der Waals surface area contributed by atoms with E-state index in [1.54, 1.807) is 0 Å². The molecular weight excluding hydrogens is 200 g/mol. The Kier molecular flexibility index (Phi) is 4.07. The third kappa shape index (κ3) is 3.21. The topological polar surface area (TPSA) is 29.5 Å². The molecule has 1 aliphatic heterocycles. The Hall–Kier alpha value is -0.0800. The average Bonchev–Trinajstić information content (AvgIpc) is 2.14. The van der Waals surface area contributed by atoms with Crippen LogP contribution in [-0.2, 0) is 4.74 Å². The van der Waals surface area contributed by atoms with E-state index in [1.165, 1.54) is 0 Å². The number of hydrogen-bond acceptors (Lipinski definition) is 2. The summed E-state index contributed by atoms with van der Waals surface area (Å²) in [6.45, 7) is 13.7. The highest BCUT2D eigenvalue weighted by atomic mass is 16.5. The second-order valence-corrected chi connectivity index (χ2v) is 7.28. The van der Waals surface area contributed by atoms with E-state index in [9.17, 15) is 5.11 Å². The van der Waals surface area contributed by atoms with E-state index in [-0.39, 0.29) is 29.6 Å². The molecule has 96 valence electrons. The summed E-state index contributed by atoms with van der Waals surface area (Å²) in [6.07, 6.45) is 2.45. The summed E-state index contributed by atoms with van der Waals surface area (Å²) in [5, 5.41) is 9.24. The largest absolute Gasteiger partial charge is 0.394 e. The fourth-order valence-corrected chi connectivity index (χ4v) is 2.72. The van der Waals surface area contributed by atoms with Crippen LogP contribution in [0, 0.1) is 16.7 Å². The first-order valence-corrected chi connectivity index (χ1v) is 6.42. The van der Waals surface area contributed by atoms with E-state index in [4.69, 9.17) is 4.74 Å². The number of ether oxygens (including phenoxy) is 1. The molecule has 1 N–H and O–H groups in total. The van der Waals surface area contributed by atoms with Crippen LogP contribution in [0.25, 0.3) is 0 Å². The number of hydrogen-bond donors (Lipinski definition) is 1. The monoisotopic (exact) mass is 228 g/mol. The maximum atomic E-state index is 9.24. The zero-order chi connectivity index (χ0) is 12.6. The molecule has 0 amide bonds. The SMILES string of the molecule is CC(C)(C)C1CCC(CO)OC1C(C)(C)C. The van der Waals surface area contributed by atoms with Crippen molar-refractivity contribution in [3.8, 4) is 0 Å². The molecule has 0 radical (unpaired) electrons. The third-order valence-electron chi connectivity index (χ3n) is 3.67. The van der Waals surface area contributed by atoms with Gasteiger partial charge in [0, 0.05) is 0 Å². The summed E-state index contributed by atoms with van der Waals surface area (Å²) in [5.74, 6) is 0.579. The second kappa shape index (κ2) is 4.66. The van der Waals surface area contributed by atoms with Gasteiger partial charge in [-0.3, -0.25) is 0 Å². The van der Waals surface area contributed by atoms with Crippen molar-refractivity contribution < 1.29 is 9.84 Å². The summed E-state index contributed by atoms with van der Waals surface area (Å²) in [5.41, 5.74) is 0.421. The van der Waals surface area contributed by atoms with E-state index in [0.29, 0.717) is 5.92 Å². The molecule has 0 aromatic rings. The Balaban J connectivity index is 2.85. The minimum absolute atomic E-state index is 0.0443. The molecule has 1 saturated heterocycles. The molecule has 0 spiro atoms. The van der Waals surface area contributed by atoms with Crippen molar-refractivity contribution in [1.29, 1.82) is 0 Å². The maximum Gasteiger partial charge on any atom is 0.0810 e. The Morgan fingerprint density at radius 3 is 1.94 bits per heavy atom. The lowest BCUT2D eigenvalue weighted by Gasteiger charge is -2.48. The Morgan fingerprint density at radius 1 is 1.00 bits per heavy atom. The molecule has 3 unspecified atom stereocenters.